The molecule has 1 aliphatic rings. The van der Waals surface area contributed by atoms with Crippen LogP contribution in [0.25, 0.3) is 0 Å². The molecular formula is C30H26N2O3S. The third kappa shape index (κ3) is 5.14. The molecule has 2 amide bonds. The number of aryl methyl sites for hydroxylation is 2. The van der Waals surface area contributed by atoms with Crippen LogP contribution in [0, 0.1) is 0 Å². The van der Waals surface area contributed by atoms with Crippen molar-refractivity contribution in [1.82, 2.24) is 0 Å². The van der Waals surface area contributed by atoms with E-state index in [1.165, 1.54) is 22.9 Å². The van der Waals surface area contributed by atoms with Crippen molar-refractivity contribution in [2.75, 3.05) is 23.1 Å². The van der Waals surface area contributed by atoms with Gasteiger partial charge in [-0.05, 0) is 72.5 Å². The van der Waals surface area contributed by atoms with E-state index in [0.717, 1.165) is 29.1 Å². The molecule has 0 spiro atoms. The Morgan fingerprint density at radius 3 is 2.19 bits per heavy atom. The topological polar surface area (TPSA) is 58.6 Å². The van der Waals surface area contributed by atoms with Gasteiger partial charge in [0, 0.05) is 16.1 Å². The van der Waals surface area contributed by atoms with Crippen molar-refractivity contribution >= 4 is 40.6 Å². The Morgan fingerprint density at radius 1 is 0.833 bits per heavy atom. The molecule has 5 nitrogen and oxygen atoms in total. The second-order valence-electron chi connectivity index (χ2n) is 8.49. The number of para-hydroxylation sites is 2. The number of fused-ring (bicyclic) bond motifs is 2. The molecule has 4 aromatic carbocycles. The number of hydrogen-bond acceptors (Lipinski definition) is 4. The van der Waals surface area contributed by atoms with Crippen LogP contribution in [-0.4, -0.2) is 24.7 Å². The number of methoxy groups -OCH3 is 1. The molecule has 36 heavy (non-hydrogen) atoms. The molecule has 6 heteroatoms. The molecule has 0 bridgehead atoms. The van der Waals surface area contributed by atoms with E-state index in [1.807, 2.05) is 65.6 Å². The van der Waals surface area contributed by atoms with E-state index < -0.39 is 0 Å². The van der Waals surface area contributed by atoms with Crippen LogP contribution in [0.1, 0.15) is 21.5 Å². The van der Waals surface area contributed by atoms with Gasteiger partial charge in [-0.3, -0.25) is 14.5 Å². The van der Waals surface area contributed by atoms with E-state index in [2.05, 4.69) is 17.4 Å². The monoisotopic (exact) mass is 494 g/mol. The minimum atomic E-state index is -0.218. The summed E-state index contributed by atoms with van der Waals surface area (Å²) in [5.41, 5.74) is 5.44. The fraction of sp³-hybridized carbons (Fsp3) is 0.133. The van der Waals surface area contributed by atoms with Crippen molar-refractivity contribution in [3.63, 3.8) is 0 Å². The van der Waals surface area contributed by atoms with Crippen molar-refractivity contribution in [2.45, 2.75) is 17.7 Å². The molecule has 0 aromatic heterocycles. The van der Waals surface area contributed by atoms with Gasteiger partial charge in [0.1, 0.15) is 5.75 Å². The third-order valence-electron chi connectivity index (χ3n) is 6.16. The van der Waals surface area contributed by atoms with Gasteiger partial charge in [-0.1, -0.05) is 48.5 Å². The smallest absolute Gasteiger partial charge is 0.255 e. The quantitative estimate of drug-likeness (QED) is 0.311. The molecule has 0 saturated carbocycles. The van der Waals surface area contributed by atoms with E-state index in [0.29, 0.717) is 17.0 Å². The number of nitrogens with zero attached hydrogens (tertiary/aromatic N) is 1. The lowest BCUT2D eigenvalue weighted by molar-refractivity contribution is -0.115. The first-order valence-electron chi connectivity index (χ1n) is 11.8. The zero-order valence-electron chi connectivity index (χ0n) is 19.9. The molecule has 0 aliphatic carbocycles. The minimum absolute atomic E-state index is 0.0209. The first-order valence-corrected chi connectivity index (χ1v) is 12.8. The number of anilines is 3. The molecule has 1 N–H and O–H groups in total. The number of ether oxygens (including phenoxy) is 1. The van der Waals surface area contributed by atoms with Gasteiger partial charge in [-0.25, -0.2) is 0 Å². The van der Waals surface area contributed by atoms with E-state index in [1.54, 1.807) is 31.4 Å². The lowest BCUT2D eigenvalue weighted by atomic mass is 10.0. The lowest BCUT2D eigenvalue weighted by Gasteiger charge is -2.25. The molecule has 0 radical (unpaired) electrons. The number of carbonyl (C=O) groups excluding carboxylic acids is 2. The Bertz CT molecular complexity index is 1370. The van der Waals surface area contributed by atoms with Crippen molar-refractivity contribution in [3.05, 3.63) is 114 Å². The molecule has 1 heterocycles. The van der Waals surface area contributed by atoms with Gasteiger partial charge in [0.25, 0.3) is 5.91 Å². The molecule has 5 rings (SSSR count). The summed E-state index contributed by atoms with van der Waals surface area (Å²) in [6, 6.07) is 30.8. The molecule has 1 aliphatic heterocycles. The largest absolute Gasteiger partial charge is 0.497 e. The lowest BCUT2D eigenvalue weighted by Crippen LogP contribution is -2.28. The van der Waals surface area contributed by atoms with Crippen molar-refractivity contribution in [2.24, 2.45) is 0 Å². The summed E-state index contributed by atoms with van der Waals surface area (Å²) in [6.45, 7) is 0. The first kappa shape index (κ1) is 23.7. The van der Waals surface area contributed by atoms with Crippen molar-refractivity contribution in [3.8, 4) is 5.75 Å². The zero-order chi connectivity index (χ0) is 24.9. The summed E-state index contributed by atoms with van der Waals surface area (Å²) >= 11 is 1.46. The Morgan fingerprint density at radius 2 is 1.50 bits per heavy atom. The van der Waals surface area contributed by atoms with Gasteiger partial charge in [0.2, 0.25) is 5.91 Å². The number of thioether (sulfide) groups is 1. The van der Waals surface area contributed by atoms with Crippen molar-refractivity contribution < 1.29 is 14.3 Å². The number of nitrogens with one attached hydrogen (secondary N) is 1. The van der Waals surface area contributed by atoms with Crippen LogP contribution in [0.5, 0.6) is 5.75 Å². The third-order valence-corrected chi connectivity index (χ3v) is 7.14. The summed E-state index contributed by atoms with van der Waals surface area (Å²) in [5.74, 6) is 0.704. The minimum Gasteiger partial charge on any atom is -0.497 e. The van der Waals surface area contributed by atoms with E-state index in [4.69, 9.17) is 4.74 Å². The van der Waals surface area contributed by atoms with Gasteiger partial charge >= 0.3 is 0 Å². The fourth-order valence-electron chi connectivity index (χ4n) is 4.39. The average molecular weight is 495 g/mol. The Labute approximate surface area is 215 Å². The summed E-state index contributed by atoms with van der Waals surface area (Å²) in [5, 5.41) is 2.93. The highest BCUT2D eigenvalue weighted by atomic mass is 32.2. The molecule has 0 unspecified atom stereocenters. The van der Waals surface area contributed by atoms with Gasteiger partial charge in [-0.15, -0.1) is 11.8 Å². The Balaban J connectivity index is 1.32. The van der Waals surface area contributed by atoms with Crippen LogP contribution in [0.4, 0.5) is 17.1 Å². The highest BCUT2D eigenvalue weighted by Crippen LogP contribution is 2.37. The van der Waals surface area contributed by atoms with Gasteiger partial charge < -0.3 is 10.1 Å². The molecule has 0 fully saturated rings. The highest BCUT2D eigenvalue weighted by Gasteiger charge is 2.25. The normalized spacial score (nSPS) is 12.2. The molecule has 180 valence electrons. The molecule has 0 atom stereocenters. The van der Waals surface area contributed by atoms with Crippen LogP contribution >= 0.6 is 11.8 Å². The van der Waals surface area contributed by atoms with Gasteiger partial charge in [0.05, 0.1) is 24.2 Å². The van der Waals surface area contributed by atoms with E-state index >= 15 is 0 Å². The Kier molecular flexibility index (Phi) is 7.05. The average Bonchev–Trinajstić information content (AvgIpc) is 3.09. The summed E-state index contributed by atoms with van der Waals surface area (Å²) in [7, 11) is 1.57. The van der Waals surface area contributed by atoms with Crippen LogP contribution in [0.3, 0.4) is 0 Å². The van der Waals surface area contributed by atoms with Crippen LogP contribution < -0.4 is 15.0 Å². The number of benzene rings is 4. The zero-order valence-corrected chi connectivity index (χ0v) is 20.8. The maximum absolute atomic E-state index is 13.6. The van der Waals surface area contributed by atoms with Crippen LogP contribution in [0.15, 0.2) is 102 Å². The fourth-order valence-corrected chi connectivity index (χ4v) is 5.19. The molecule has 0 saturated heterocycles. The first-order chi connectivity index (χ1) is 17.6. The highest BCUT2D eigenvalue weighted by molar-refractivity contribution is 8.00. The maximum Gasteiger partial charge on any atom is 0.255 e. The second-order valence-corrected chi connectivity index (χ2v) is 9.54. The number of amides is 2. The standard InChI is InChI=1S/C30H26N2O3S/c1-35-25-12-6-10-23(18-25)30(34)31-24-11-7-13-26(19-24)36-20-29(33)32-27-14-4-2-8-21(27)16-17-22-9-3-5-15-28(22)32/h2-15,18-19H,16-17,20H2,1H3,(H,31,34). The number of rotatable bonds is 6. The molecular weight excluding hydrogens is 468 g/mol. The van der Waals surface area contributed by atoms with Gasteiger partial charge in [0.15, 0.2) is 0 Å². The van der Waals surface area contributed by atoms with Crippen LogP contribution in [-0.2, 0) is 17.6 Å². The number of hydrogen-bond donors (Lipinski definition) is 1. The van der Waals surface area contributed by atoms with E-state index in [9.17, 15) is 9.59 Å². The Hall–Kier alpha value is -4.03. The number of carbonyl (C=O) groups is 2. The predicted octanol–water partition coefficient (Wildman–Crippen LogP) is 6.50. The summed E-state index contributed by atoms with van der Waals surface area (Å²) in [6.07, 6.45) is 1.80. The van der Waals surface area contributed by atoms with Gasteiger partial charge in [-0.2, -0.15) is 0 Å². The maximum atomic E-state index is 13.6. The molecule has 4 aromatic rings. The summed E-state index contributed by atoms with van der Waals surface area (Å²) < 4.78 is 5.21. The van der Waals surface area contributed by atoms with Crippen LogP contribution in [0.2, 0.25) is 0 Å². The summed E-state index contributed by atoms with van der Waals surface area (Å²) in [4.78, 5) is 29.0. The second kappa shape index (κ2) is 10.7. The predicted molar refractivity (Wildman–Crippen MR) is 146 cm³/mol. The van der Waals surface area contributed by atoms with Crippen molar-refractivity contribution in [1.29, 1.82) is 0 Å². The van der Waals surface area contributed by atoms with E-state index in [-0.39, 0.29) is 17.6 Å². The SMILES string of the molecule is COc1cccc(C(=O)Nc2cccc(SCC(=O)N3c4ccccc4CCc4ccccc43)c2)c1.